The van der Waals surface area contributed by atoms with E-state index >= 15 is 0 Å². The fourth-order valence-electron chi connectivity index (χ4n) is 2.41. The molecular formula is C18H18Cl3N3. The van der Waals surface area contributed by atoms with E-state index in [2.05, 4.69) is 41.5 Å². The van der Waals surface area contributed by atoms with E-state index in [1.165, 1.54) is 5.56 Å². The van der Waals surface area contributed by atoms with E-state index < -0.39 is 0 Å². The zero-order valence-electron chi connectivity index (χ0n) is 13.1. The summed E-state index contributed by atoms with van der Waals surface area (Å²) in [6, 6.07) is 14.3. The molecule has 3 rings (SSSR count). The molecule has 126 valence electrons. The predicted molar refractivity (Wildman–Crippen MR) is 103 cm³/mol. The molecule has 24 heavy (non-hydrogen) atoms. The Hall–Kier alpha value is -1.52. The summed E-state index contributed by atoms with van der Waals surface area (Å²) in [5.41, 5.74) is 3.31. The van der Waals surface area contributed by atoms with Crippen LogP contribution in [0.2, 0.25) is 10.0 Å². The fraction of sp³-hybridized carbons (Fsp3) is 0.167. The van der Waals surface area contributed by atoms with E-state index in [9.17, 15) is 0 Å². The lowest BCUT2D eigenvalue weighted by Crippen LogP contribution is -2.18. The summed E-state index contributed by atoms with van der Waals surface area (Å²) in [6.07, 6.45) is 5.49. The number of imidazole rings is 1. The molecule has 3 aromatic rings. The van der Waals surface area contributed by atoms with E-state index in [1.54, 1.807) is 18.6 Å². The van der Waals surface area contributed by atoms with Crippen LogP contribution in [0.5, 0.6) is 0 Å². The molecule has 1 heterocycles. The van der Waals surface area contributed by atoms with Crippen LogP contribution in [0.25, 0.3) is 5.69 Å². The lowest BCUT2D eigenvalue weighted by Gasteiger charge is -2.16. The third-order valence-electron chi connectivity index (χ3n) is 3.83. The molecule has 1 aromatic heterocycles. The van der Waals surface area contributed by atoms with Crippen molar-refractivity contribution in [1.29, 1.82) is 0 Å². The molecule has 1 atom stereocenters. The SMILES string of the molecule is CC(NCc1cccc(Cl)c1Cl)c1ccc(-n2ccnc2)cc1.Cl. The van der Waals surface area contributed by atoms with Crippen LogP contribution in [0.15, 0.2) is 61.2 Å². The number of nitrogens with zero attached hydrogens (tertiary/aromatic N) is 2. The standard InChI is InChI=1S/C18H17Cl2N3.ClH/c1-13(22-11-15-3-2-4-17(19)18(15)20)14-5-7-16(8-6-14)23-10-9-21-12-23;/h2-10,12-13,22H,11H2,1H3;1H. The molecule has 0 amide bonds. The van der Waals surface area contributed by atoms with Crippen LogP contribution in [0, 0.1) is 0 Å². The second-order valence-corrected chi connectivity index (χ2v) is 6.16. The molecule has 3 nitrogen and oxygen atoms in total. The molecule has 0 saturated carbocycles. The number of benzene rings is 2. The Kier molecular flexibility index (Phi) is 6.69. The highest BCUT2D eigenvalue weighted by Gasteiger charge is 2.08. The molecular weight excluding hydrogens is 365 g/mol. The van der Waals surface area contributed by atoms with Gasteiger partial charge in [-0.25, -0.2) is 4.98 Å². The van der Waals surface area contributed by atoms with Crippen LogP contribution in [-0.2, 0) is 6.54 Å². The van der Waals surface area contributed by atoms with Crippen molar-refractivity contribution < 1.29 is 0 Å². The average molecular weight is 383 g/mol. The van der Waals surface area contributed by atoms with Gasteiger partial charge in [0.2, 0.25) is 0 Å². The van der Waals surface area contributed by atoms with Gasteiger partial charge in [-0.05, 0) is 36.2 Å². The summed E-state index contributed by atoms with van der Waals surface area (Å²) in [5, 5.41) is 4.68. The first-order chi connectivity index (χ1) is 11.1. The zero-order valence-corrected chi connectivity index (χ0v) is 15.4. The van der Waals surface area contributed by atoms with Crippen LogP contribution in [0.3, 0.4) is 0 Å². The van der Waals surface area contributed by atoms with Crippen molar-refractivity contribution >= 4 is 35.6 Å². The van der Waals surface area contributed by atoms with Crippen LogP contribution < -0.4 is 5.32 Å². The van der Waals surface area contributed by atoms with E-state index in [1.807, 2.05) is 22.9 Å². The largest absolute Gasteiger partial charge is 0.306 e. The first-order valence-corrected chi connectivity index (χ1v) is 8.15. The minimum absolute atomic E-state index is 0. The number of rotatable bonds is 5. The average Bonchev–Trinajstić information content (AvgIpc) is 3.10. The maximum Gasteiger partial charge on any atom is 0.0991 e. The van der Waals surface area contributed by atoms with E-state index in [4.69, 9.17) is 23.2 Å². The van der Waals surface area contributed by atoms with Crippen molar-refractivity contribution in [2.24, 2.45) is 0 Å². The predicted octanol–water partition coefficient (Wildman–Crippen LogP) is 5.45. The Morgan fingerprint density at radius 3 is 2.54 bits per heavy atom. The summed E-state index contributed by atoms with van der Waals surface area (Å²) in [6.45, 7) is 2.80. The lowest BCUT2D eigenvalue weighted by molar-refractivity contribution is 0.575. The highest BCUT2D eigenvalue weighted by Crippen LogP contribution is 2.26. The highest BCUT2D eigenvalue weighted by molar-refractivity contribution is 6.42. The number of hydrogen-bond acceptors (Lipinski definition) is 2. The van der Waals surface area contributed by atoms with Crippen molar-refractivity contribution in [2.45, 2.75) is 19.5 Å². The summed E-state index contributed by atoms with van der Waals surface area (Å²) in [4.78, 5) is 4.06. The summed E-state index contributed by atoms with van der Waals surface area (Å²) in [5.74, 6) is 0. The molecule has 0 fully saturated rings. The van der Waals surface area contributed by atoms with Gasteiger partial charge in [0, 0.05) is 30.7 Å². The van der Waals surface area contributed by atoms with Gasteiger partial charge in [-0.3, -0.25) is 0 Å². The third kappa shape index (κ3) is 4.31. The van der Waals surface area contributed by atoms with Gasteiger partial charge in [-0.1, -0.05) is 47.5 Å². The smallest absolute Gasteiger partial charge is 0.0991 e. The molecule has 2 aromatic carbocycles. The van der Waals surface area contributed by atoms with Crippen molar-refractivity contribution in [1.82, 2.24) is 14.9 Å². The van der Waals surface area contributed by atoms with E-state index in [-0.39, 0.29) is 18.4 Å². The van der Waals surface area contributed by atoms with Gasteiger partial charge in [-0.15, -0.1) is 12.4 Å². The summed E-state index contributed by atoms with van der Waals surface area (Å²) < 4.78 is 1.98. The Balaban J connectivity index is 0.00000208. The minimum Gasteiger partial charge on any atom is -0.306 e. The molecule has 0 saturated heterocycles. The quantitative estimate of drug-likeness (QED) is 0.635. The maximum atomic E-state index is 6.22. The van der Waals surface area contributed by atoms with Crippen molar-refractivity contribution in [3.63, 3.8) is 0 Å². The maximum absolute atomic E-state index is 6.22. The molecule has 6 heteroatoms. The first kappa shape index (κ1) is 18.8. The van der Waals surface area contributed by atoms with E-state index in [0.29, 0.717) is 16.6 Å². The fourth-order valence-corrected chi connectivity index (χ4v) is 2.80. The number of hydrogen-bond donors (Lipinski definition) is 1. The van der Waals surface area contributed by atoms with Gasteiger partial charge in [0.1, 0.15) is 0 Å². The zero-order chi connectivity index (χ0) is 16.2. The Morgan fingerprint density at radius 1 is 1.12 bits per heavy atom. The summed E-state index contributed by atoms with van der Waals surface area (Å²) in [7, 11) is 0. The monoisotopic (exact) mass is 381 g/mol. The Bertz CT molecular complexity index is 771. The normalized spacial score (nSPS) is 11.8. The van der Waals surface area contributed by atoms with Gasteiger partial charge >= 0.3 is 0 Å². The summed E-state index contributed by atoms with van der Waals surface area (Å²) >= 11 is 12.3. The second kappa shape index (κ2) is 8.54. The number of nitrogens with one attached hydrogen (secondary N) is 1. The van der Waals surface area contributed by atoms with Crippen molar-refractivity contribution in [2.75, 3.05) is 0 Å². The Morgan fingerprint density at radius 2 is 1.88 bits per heavy atom. The highest BCUT2D eigenvalue weighted by atomic mass is 35.5. The van der Waals surface area contributed by atoms with Gasteiger partial charge in [-0.2, -0.15) is 0 Å². The molecule has 0 aliphatic heterocycles. The van der Waals surface area contributed by atoms with Crippen LogP contribution in [0.4, 0.5) is 0 Å². The molecule has 0 bridgehead atoms. The molecule has 0 aliphatic rings. The van der Waals surface area contributed by atoms with Gasteiger partial charge in [0.15, 0.2) is 0 Å². The van der Waals surface area contributed by atoms with Crippen LogP contribution in [-0.4, -0.2) is 9.55 Å². The van der Waals surface area contributed by atoms with Gasteiger partial charge < -0.3 is 9.88 Å². The topological polar surface area (TPSA) is 29.9 Å². The Labute approximate surface area is 158 Å². The molecule has 0 aliphatic carbocycles. The third-order valence-corrected chi connectivity index (χ3v) is 4.68. The van der Waals surface area contributed by atoms with Crippen molar-refractivity contribution in [3.8, 4) is 5.69 Å². The minimum atomic E-state index is 0. The molecule has 0 spiro atoms. The van der Waals surface area contributed by atoms with Crippen LogP contribution in [0.1, 0.15) is 24.1 Å². The van der Waals surface area contributed by atoms with Crippen LogP contribution >= 0.6 is 35.6 Å². The molecule has 1 unspecified atom stereocenters. The van der Waals surface area contributed by atoms with Gasteiger partial charge in [0.25, 0.3) is 0 Å². The molecule has 0 radical (unpaired) electrons. The first-order valence-electron chi connectivity index (χ1n) is 7.39. The molecule has 1 N–H and O–H groups in total. The number of aromatic nitrogens is 2. The number of halogens is 3. The van der Waals surface area contributed by atoms with E-state index in [0.717, 1.165) is 11.3 Å². The second-order valence-electron chi connectivity index (χ2n) is 5.38. The lowest BCUT2D eigenvalue weighted by atomic mass is 10.1. The van der Waals surface area contributed by atoms with Crippen molar-refractivity contribution in [3.05, 3.63) is 82.4 Å². The van der Waals surface area contributed by atoms with Gasteiger partial charge in [0.05, 0.1) is 16.4 Å².